The Balaban J connectivity index is 2.30. The van der Waals surface area contributed by atoms with Crippen molar-refractivity contribution in [2.24, 2.45) is 0 Å². The highest BCUT2D eigenvalue weighted by Gasteiger charge is 2.29. The van der Waals surface area contributed by atoms with E-state index < -0.39 is 33.1 Å². The summed E-state index contributed by atoms with van der Waals surface area (Å²) in [6, 6.07) is 3.22. The average molecular weight is 462 g/mol. The molecule has 0 aliphatic carbocycles. The van der Waals surface area contributed by atoms with E-state index in [0.717, 1.165) is 22.1 Å². The number of nitro groups is 1. The van der Waals surface area contributed by atoms with Gasteiger partial charge in [-0.15, -0.1) is 11.3 Å². The molecule has 0 saturated carbocycles. The Hall–Kier alpha value is -2.12. The summed E-state index contributed by atoms with van der Waals surface area (Å²) in [5, 5.41) is 15.6. The van der Waals surface area contributed by atoms with Crippen molar-refractivity contribution in [2.75, 3.05) is 39.0 Å². The van der Waals surface area contributed by atoms with Gasteiger partial charge in [-0.05, 0) is 33.2 Å². The lowest BCUT2D eigenvalue weighted by molar-refractivity contribution is -0.384. The monoisotopic (exact) mass is 461 g/mol. The molecule has 0 aliphatic rings. The molecule has 0 atom stereocenters. The molecule has 2 aromatic rings. The summed E-state index contributed by atoms with van der Waals surface area (Å²) in [4.78, 5) is 28.3. The van der Waals surface area contributed by atoms with Crippen LogP contribution in [0, 0.1) is 17.0 Å². The molecule has 0 radical (unpaired) electrons. The number of aryl methyl sites for hydroxylation is 1. The minimum Gasteiger partial charge on any atom is -0.308 e. The number of nitrogens with one attached hydrogen (secondary N) is 1. The number of anilines is 1. The number of rotatable bonds is 9. The molecule has 0 saturated heterocycles. The molecule has 0 aliphatic heterocycles. The minimum absolute atomic E-state index is 0.00999. The van der Waals surface area contributed by atoms with E-state index in [1.54, 1.807) is 31.3 Å². The van der Waals surface area contributed by atoms with Gasteiger partial charge in [-0.3, -0.25) is 14.9 Å². The topological polar surface area (TPSA) is 126 Å². The summed E-state index contributed by atoms with van der Waals surface area (Å²) >= 11 is 7.00. The molecule has 158 valence electrons. The third-order valence-corrected chi connectivity index (χ3v) is 6.77. The number of benzene rings is 1. The van der Waals surface area contributed by atoms with Crippen LogP contribution >= 0.6 is 22.9 Å². The maximum atomic E-state index is 13.1. The maximum Gasteiger partial charge on any atom is 0.289 e. The molecule has 0 spiro atoms. The van der Waals surface area contributed by atoms with Crippen LogP contribution in [0.3, 0.4) is 0 Å². The van der Waals surface area contributed by atoms with E-state index in [2.05, 4.69) is 10.3 Å². The molecule has 0 unspecified atom stereocenters. The molecule has 1 aromatic carbocycles. The molecular weight excluding hydrogens is 442 g/mol. The molecule has 1 N–H and O–H groups in total. The van der Waals surface area contributed by atoms with Crippen molar-refractivity contribution < 1.29 is 18.1 Å². The Morgan fingerprint density at radius 1 is 1.34 bits per heavy atom. The van der Waals surface area contributed by atoms with E-state index in [1.807, 2.05) is 0 Å². The van der Waals surface area contributed by atoms with Gasteiger partial charge in [0.25, 0.3) is 5.69 Å². The highest BCUT2D eigenvalue weighted by atomic mass is 35.5. The standard InChI is InChI=1S/C16H20ClN5O5S2/c1-11-10-28-16(18-11)19-15(23)9-21(7-6-20(2)3)29(26,27)12-4-5-13(17)14(8-12)22(24)25/h4-5,8,10H,6-7,9H2,1-3H3,(H,18,19,23). The second kappa shape index (κ2) is 9.59. The molecular formula is C16H20ClN5O5S2. The Bertz CT molecular complexity index is 1010. The zero-order valence-electron chi connectivity index (χ0n) is 16.0. The van der Waals surface area contributed by atoms with Crippen LogP contribution in [-0.4, -0.2) is 67.2 Å². The predicted molar refractivity (Wildman–Crippen MR) is 111 cm³/mol. The lowest BCUT2D eigenvalue weighted by Gasteiger charge is -2.23. The van der Waals surface area contributed by atoms with Gasteiger partial charge in [-0.1, -0.05) is 11.6 Å². The lowest BCUT2D eigenvalue weighted by atomic mass is 10.3. The van der Waals surface area contributed by atoms with Gasteiger partial charge in [0.1, 0.15) is 5.02 Å². The second-order valence-corrected chi connectivity index (χ2v) is 9.56. The highest BCUT2D eigenvalue weighted by molar-refractivity contribution is 7.89. The lowest BCUT2D eigenvalue weighted by Crippen LogP contribution is -2.41. The Morgan fingerprint density at radius 2 is 2.03 bits per heavy atom. The largest absolute Gasteiger partial charge is 0.308 e. The number of amides is 1. The van der Waals surface area contributed by atoms with Crippen molar-refractivity contribution in [1.29, 1.82) is 0 Å². The predicted octanol–water partition coefficient (Wildman–Crippen LogP) is 2.20. The van der Waals surface area contributed by atoms with E-state index in [4.69, 9.17) is 11.6 Å². The van der Waals surface area contributed by atoms with E-state index in [1.165, 1.54) is 17.4 Å². The number of halogens is 1. The fraction of sp³-hybridized carbons (Fsp3) is 0.375. The van der Waals surface area contributed by atoms with Gasteiger partial charge < -0.3 is 10.2 Å². The van der Waals surface area contributed by atoms with Crippen LogP contribution in [0.15, 0.2) is 28.5 Å². The highest BCUT2D eigenvalue weighted by Crippen LogP contribution is 2.28. The Labute approximate surface area is 177 Å². The molecule has 0 fully saturated rings. The van der Waals surface area contributed by atoms with E-state index in [9.17, 15) is 23.3 Å². The number of aromatic nitrogens is 1. The zero-order chi connectivity index (χ0) is 21.8. The number of hydrogen-bond acceptors (Lipinski definition) is 8. The van der Waals surface area contributed by atoms with Crippen molar-refractivity contribution in [3.05, 3.63) is 44.4 Å². The van der Waals surface area contributed by atoms with Crippen LogP contribution in [-0.2, 0) is 14.8 Å². The van der Waals surface area contributed by atoms with Crippen molar-refractivity contribution in [3.8, 4) is 0 Å². The summed E-state index contributed by atoms with van der Waals surface area (Å²) in [5.74, 6) is -0.565. The number of sulfonamides is 1. The Morgan fingerprint density at radius 3 is 2.59 bits per heavy atom. The Kier molecular flexibility index (Phi) is 7.66. The molecule has 10 nitrogen and oxygen atoms in total. The second-order valence-electron chi connectivity index (χ2n) is 6.35. The van der Waals surface area contributed by atoms with Crippen LogP contribution in [0.25, 0.3) is 0 Å². The number of nitro benzene ring substituents is 1. The smallest absolute Gasteiger partial charge is 0.289 e. The number of carbonyl (C=O) groups is 1. The first-order chi connectivity index (χ1) is 13.5. The van der Waals surface area contributed by atoms with Gasteiger partial charge in [0, 0.05) is 24.5 Å². The van der Waals surface area contributed by atoms with Crippen LogP contribution < -0.4 is 5.32 Å². The first-order valence-corrected chi connectivity index (χ1v) is 11.0. The van der Waals surface area contributed by atoms with Gasteiger partial charge in [0.15, 0.2) is 5.13 Å². The first kappa shape index (κ1) is 23.2. The summed E-state index contributed by atoms with van der Waals surface area (Å²) < 4.78 is 27.1. The van der Waals surface area contributed by atoms with Crippen molar-refractivity contribution in [1.82, 2.24) is 14.2 Å². The van der Waals surface area contributed by atoms with Crippen LogP contribution in [0.2, 0.25) is 5.02 Å². The molecule has 0 bridgehead atoms. The normalized spacial score (nSPS) is 11.8. The minimum atomic E-state index is -4.19. The maximum absolute atomic E-state index is 13.1. The summed E-state index contributed by atoms with van der Waals surface area (Å²) in [5.41, 5.74) is 0.207. The van der Waals surface area contributed by atoms with Crippen molar-refractivity contribution >= 4 is 49.7 Å². The number of carbonyl (C=O) groups excluding carboxylic acids is 1. The van der Waals surface area contributed by atoms with Gasteiger partial charge in [0.05, 0.1) is 22.1 Å². The number of nitrogens with zero attached hydrogens (tertiary/aromatic N) is 4. The third kappa shape index (κ3) is 6.18. The van der Waals surface area contributed by atoms with Crippen LogP contribution in [0.1, 0.15) is 5.69 Å². The van der Waals surface area contributed by atoms with E-state index >= 15 is 0 Å². The number of hydrogen-bond donors (Lipinski definition) is 1. The van der Waals surface area contributed by atoms with E-state index in [0.29, 0.717) is 11.7 Å². The van der Waals surface area contributed by atoms with Crippen molar-refractivity contribution in [2.45, 2.75) is 11.8 Å². The van der Waals surface area contributed by atoms with Gasteiger partial charge in [-0.25, -0.2) is 13.4 Å². The molecule has 1 aromatic heterocycles. The average Bonchev–Trinajstić information content (AvgIpc) is 3.02. The first-order valence-electron chi connectivity index (χ1n) is 8.31. The summed E-state index contributed by atoms with van der Waals surface area (Å²) in [6.45, 7) is 1.66. The SMILES string of the molecule is Cc1csc(NC(=O)CN(CCN(C)C)S(=O)(=O)c2ccc(Cl)c([N+](=O)[O-])c2)n1. The molecule has 1 heterocycles. The zero-order valence-corrected chi connectivity index (χ0v) is 18.3. The fourth-order valence-corrected chi connectivity index (χ4v) is 4.57. The molecule has 2 rings (SSSR count). The van der Waals surface area contributed by atoms with Gasteiger partial charge >= 0.3 is 0 Å². The summed E-state index contributed by atoms with van der Waals surface area (Å²) in [7, 11) is -0.665. The van der Waals surface area contributed by atoms with Gasteiger partial charge in [-0.2, -0.15) is 4.31 Å². The molecule has 13 heteroatoms. The fourth-order valence-electron chi connectivity index (χ4n) is 2.27. The number of thiazole rings is 1. The van der Waals surface area contributed by atoms with Gasteiger partial charge in [0.2, 0.25) is 15.9 Å². The summed E-state index contributed by atoms with van der Waals surface area (Å²) in [6.07, 6.45) is 0. The number of likely N-dealkylation sites (N-methyl/N-ethyl adjacent to an activating group) is 1. The van der Waals surface area contributed by atoms with Crippen LogP contribution in [0.4, 0.5) is 10.8 Å². The third-order valence-electron chi connectivity index (χ3n) is 3.73. The van der Waals surface area contributed by atoms with E-state index in [-0.39, 0.29) is 16.5 Å². The molecule has 1 amide bonds. The van der Waals surface area contributed by atoms with Crippen LogP contribution in [0.5, 0.6) is 0 Å². The molecule has 29 heavy (non-hydrogen) atoms. The quantitative estimate of drug-likeness (QED) is 0.448. The van der Waals surface area contributed by atoms with Crippen molar-refractivity contribution in [3.63, 3.8) is 0 Å².